The Morgan fingerprint density at radius 1 is 0.556 bits per heavy atom. The van der Waals surface area contributed by atoms with Crippen LogP contribution >= 0.6 is 0 Å². The smallest absolute Gasteiger partial charge is 0.331 e. The van der Waals surface area contributed by atoms with E-state index in [1.165, 1.54) is 4.90 Å². The molecule has 72 heavy (non-hydrogen) atoms. The van der Waals surface area contributed by atoms with Crippen LogP contribution in [-0.2, 0) is 91.7 Å². The van der Waals surface area contributed by atoms with Crippen molar-refractivity contribution < 1.29 is 52.3 Å². The molecule has 8 atom stereocenters. The lowest BCUT2D eigenvalue weighted by atomic mass is 9.98. The van der Waals surface area contributed by atoms with Gasteiger partial charge in [0.15, 0.2) is 18.6 Å². The first-order valence-electron chi connectivity index (χ1n) is 24.6. The first-order valence-corrected chi connectivity index (χ1v) is 24.6. The van der Waals surface area contributed by atoms with Crippen LogP contribution in [0.3, 0.4) is 0 Å². The summed E-state index contributed by atoms with van der Waals surface area (Å²) in [5.74, 6) is -1.89. The summed E-state index contributed by atoms with van der Waals surface area (Å²) in [6.45, 7) is 4.31. The molecular weight excluding hydrogens is 913 g/mol. The van der Waals surface area contributed by atoms with Crippen LogP contribution in [0.4, 0.5) is 0 Å². The summed E-state index contributed by atoms with van der Waals surface area (Å²) in [4.78, 5) is 42.4. The standard InChI is InChI=1S/C59H66N2O11/c1-43(66-38-47-25-13-5-14-26-47)54(61(52(63)34-33-51(60)62)37-46-23-11-4-12-24-46)58(64)70-42-53(65-36-35-45-21-9-3-10-22-45)72-59-57(69-41-50-31-19-8-20-32-50)56(68-40-49-29-17-7-18-30-49)55(44(2)71-59)67-39-48-27-15-6-16-28-48/h3-32,43-44,53-57,59H,33-42H2,1-2H3,(H2,60,62)/t43-,44+,53?,54+,55-,56-,57+,59+/m1/s1. The van der Waals surface area contributed by atoms with Crippen molar-refractivity contribution >= 4 is 17.8 Å². The van der Waals surface area contributed by atoms with Gasteiger partial charge in [0.2, 0.25) is 11.8 Å². The van der Waals surface area contributed by atoms with E-state index in [1.54, 1.807) is 6.92 Å². The van der Waals surface area contributed by atoms with Gasteiger partial charge in [-0.15, -0.1) is 0 Å². The molecule has 2 amide bonds. The largest absolute Gasteiger partial charge is 0.459 e. The first kappa shape index (κ1) is 53.3. The van der Waals surface area contributed by atoms with Crippen molar-refractivity contribution in [3.63, 3.8) is 0 Å². The summed E-state index contributed by atoms with van der Waals surface area (Å²) >= 11 is 0. The van der Waals surface area contributed by atoms with Crippen LogP contribution in [-0.4, -0.2) is 85.0 Å². The fourth-order valence-electron chi connectivity index (χ4n) is 8.40. The molecule has 1 aliphatic rings. The quantitative estimate of drug-likeness (QED) is 0.0370. The minimum atomic E-state index is -1.27. The van der Waals surface area contributed by atoms with Gasteiger partial charge in [-0.05, 0) is 53.6 Å². The van der Waals surface area contributed by atoms with Crippen LogP contribution in [0.15, 0.2) is 182 Å². The van der Waals surface area contributed by atoms with Gasteiger partial charge in [0.1, 0.15) is 24.9 Å². The third-order valence-corrected chi connectivity index (χ3v) is 12.2. The van der Waals surface area contributed by atoms with Crippen LogP contribution in [0.25, 0.3) is 0 Å². The van der Waals surface area contributed by atoms with E-state index in [4.69, 9.17) is 43.6 Å². The third-order valence-electron chi connectivity index (χ3n) is 12.2. The normalized spacial score (nSPS) is 18.9. The first-order chi connectivity index (χ1) is 35.2. The number of esters is 1. The maximum Gasteiger partial charge on any atom is 0.331 e. The highest BCUT2D eigenvalue weighted by Gasteiger charge is 2.48. The lowest BCUT2D eigenvalue weighted by molar-refractivity contribution is -0.352. The Morgan fingerprint density at radius 2 is 1.00 bits per heavy atom. The van der Waals surface area contributed by atoms with Gasteiger partial charge in [-0.25, -0.2) is 4.79 Å². The molecule has 1 fully saturated rings. The lowest BCUT2D eigenvalue weighted by Gasteiger charge is -2.45. The molecule has 13 nitrogen and oxygen atoms in total. The van der Waals surface area contributed by atoms with Crippen molar-refractivity contribution in [2.45, 2.75) is 115 Å². The van der Waals surface area contributed by atoms with Crippen LogP contribution in [0.2, 0.25) is 0 Å². The molecule has 1 heterocycles. The van der Waals surface area contributed by atoms with Gasteiger partial charge in [-0.1, -0.05) is 182 Å². The Kier molecular flexibility index (Phi) is 21.1. The molecule has 378 valence electrons. The summed E-state index contributed by atoms with van der Waals surface area (Å²) in [7, 11) is 0. The van der Waals surface area contributed by atoms with E-state index in [0.717, 1.165) is 33.4 Å². The number of rotatable bonds is 28. The van der Waals surface area contributed by atoms with Crippen LogP contribution < -0.4 is 5.73 Å². The number of carbonyl (C=O) groups excluding carboxylic acids is 3. The van der Waals surface area contributed by atoms with E-state index in [-0.39, 0.29) is 45.8 Å². The number of carbonyl (C=O) groups is 3. The summed E-state index contributed by atoms with van der Waals surface area (Å²) in [5, 5.41) is 0. The maximum absolute atomic E-state index is 14.9. The molecule has 0 aromatic heterocycles. The molecule has 1 aliphatic heterocycles. The van der Waals surface area contributed by atoms with E-state index < -0.39 is 73.5 Å². The molecule has 13 heteroatoms. The monoisotopic (exact) mass is 978 g/mol. The van der Waals surface area contributed by atoms with Crippen LogP contribution in [0.1, 0.15) is 60.1 Å². The number of hydrogen-bond donors (Lipinski definition) is 1. The van der Waals surface area contributed by atoms with Crippen LogP contribution in [0, 0.1) is 0 Å². The SMILES string of the molecule is C[C@@H]1O[C@@H](OC(COC(=O)[C@H]([C@@H](C)OCc2ccccc2)N(Cc2ccccc2)C(=O)CCC(N)=O)OCCc2ccccc2)[C@@H](OCc2ccccc2)[C@H](OCc2ccccc2)[C@@H]1OCc1ccccc1. The second kappa shape index (κ2) is 28.5. The van der Waals surface area contributed by atoms with Gasteiger partial charge in [0, 0.05) is 19.4 Å². The molecule has 7 rings (SSSR count). The Labute approximate surface area is 423 Å². The molecule has 1 unspecified atom stereocenters. The molecule has 6 aromatic carbocycles. The number of nitrogens with zero attached hydrogens (tertiary/aromatic N) is 1. The van der Waals surface area contributed by atoms with Crippen LogP contribution in [0.5, 0.6) is 0 Å². The van der Waals surface area contributed by atoms with Crippen molar-refractivity contribution in [1.82, 2.24) is 4.90 Å². The zero-order valence-electron chi connectivity index (χ0n) is 41.0. The van der Waals surface area contributed by atoms with Crippen molar-refractivity contribution in [3.05, 3.63) is 215 Å². The highest BCUT2D eigenvalue weighted by atomic mass is 16.8. The fraction of sp³-hybridized carbons (Fsp3) is 0.339. The van der Waals surface area contributed by atoms with E-state index in [2.05, 4.69) is 0 Å². The Hall–Kier alpha value is -6.55. The molecule has 0 bridgehead atoms. The van der Waals surface area contributed by atoms with Gasteiger partial charge in [0.25, 0.3) is 0 Å². The predicted molar refractivity (Wildman–Crippen MR) is 271 cm³/mol. The Balaban J connectivity index is 1.19. The zero-order valence-corrected chi connectivity index (χ0v) is 41.0. The van der Waals surface area contributed by atoms with E-state index in [1.807, 2.05) is 189 Å². The highest BCUT2D eigenvalue weighted by Crippen LogP contribution is 2.32. The number of amides is 2. The van der Waals surface area contributed by atoms with Gasteiger partial charge in [-0.3, -0.25) is 9.59 Å². The number of hydrogen-bond acceptors (Lipinski definition) is 11. The van der Waals surface area contributed by atoms with Gasteiger partial charge in [-0.2, -0.15) is 0 Å². The van der Waals surface area contributed by atoms with E-state index in [9.17, 15) is 14.4 Å². The molecule has 2 N–H and O–H groups in total. The van der Waals surface area contributed by atoms with Crippen molar-refractivity contribution in [2.24, 2.45) is 5.73 Å². The summed E-state index contributed by atoms with van der Waals surface area (Å²) in [5.41, 5.74) is 11.0. The average molecular weight is 979 g/mol. The second-order valence-corrected chi connectivity index (χ2v) is 17.7. The van der Waals surface area contributed by atoms with Crippen molar-refractivity contribution in [1.29, 1.82) is 0 Å². The van der Waals surface area contributed by atoms with Crippen molar-refractivity contribution in [3.8, 4) is 0 Å². The Morgan fingerprint density at radius 3 is 1.50 bits per heavy atom. The highest BCUT2D eigenvalue weighted by molar-refractivity contribution is 5.87. The lowest BCUT2D eigenvalue weighted by Crippen LogP contribution is -2.60. The molecule has 0 saturated carbocycles. The molecular formula is C59H66N2O11. The minimum absolute atomic E-state index is 0.0247. The van der Waals surface area contributed by atoms with Gasteiger partial charge in [0.05, 0.1) is 45.2 Å². The molecule has 0 spiro atoms. The van der Waals surface area contributed by atoms with Gasteiger partial charge >= 0.3 is 5.97 Å². The number of ether oxygens (including phenoxy) is 8. The predicted octanol–water partition coefficient (Wildman–Crippen LogP) is 8.90. The summed E-state index contributed by atoms with van der Waals surface area (Å²) in [6.07, 6.45) is -5.90. The van der Waals surface area contributed by atoms with E-state index >= 15 is 0 Å². The number of benzene rings is 6. The third kappa shape index (κ3) is 16.8. The molecule has 1 saturated heterocycles. The topological polar surface area (TPSA) is 154 Å². The summed E-state index contributed by atoms with van der Waals surface area (Å²) < 4.78 is 52.9. The molecule has 6 aromatic rings. The van der Waals surface area contributed by atoms with Gasteiger partial charge < -0.3 is 48.5 Å². The van der Waals surface area contributed by atoms with E-state index in [0.29, 0.717) is 13.0 Å². The average Bonchev–Trinajstić information content (AvgIpc) is 3.41. The van der Waals surface area contributed by atoms with Crippen molar-refractivity contribution in [2.75, 3.05) is 13.2 Å². The zero-order chi connectivity index (χ0) is 50.3. The minimum Gasteiger partial charge on any atom is -0.459 e. The molecule has 0 aliphatic carbocycles. The molecule has 0 radical (unpaired) electrons. The summed E-state index contributed by atoms with van der Waals surface area (Å²) in [6, 6.07) is 56.9. The number of primary amides is 1. The maximum atomic E-state index is 14.9. The second-order valence-electron chi connectivity index (χ2n) is 17.7. The Bertz CT molecular complexity index is 2490. The number of nitrogens with two attached hydrogens (primary N) is 1. The fourth-order valence-corrected chi connectivity index (χ4v) is 8.40.